The SMILES string of the molecule is CCCC(=O)N[C@H]1COC2(CCN(C(=O)/C=C/c3ccccc3)CC2)C[C@]1(C)O. The van der Waals surface area contributed by atoms with Crippen molar-refractivity contribution in [3.05, 3.63) is 42.0 Å². The Bertz CT molecular complexity index is 737. The van der Waals surface area contributed by atoms with Crippen LogP contribution in [-0.4, -0.2) is 58.8 Å². The molecule has 2 aliphatic rings. The number of nitrogens with zero attached hydrogens (tertiary/aromatic N) is 1. The van der Waals surface area contributed by atoms with Crippen LogP contribution in [-0.2, 0) is 14.3 Å². The van der Waals surface area contributed by atoms with Crippen LogP contribution >= 0.6 is 0 Å². The van der Waals surface area contributed by atoms with E-state index < -0.39 is 17.2 Å². The number of hydrogen-bond donors (Lipinski definition) is 2. The summed E-state index contributed by atoms with van der Waals surface area (Å²) in [6, 6.07) is 9.35. The first kappa shape index (κ1) is 21.5. The van der Waals surface area contributed by atoms with Gasteiger partial charge in [-0.05, 0) is 37.8 Å². The van der Waals surface area contributed by atoms with E-state index in [0.717, 1.165) is 12.0 Å². The van der Waals surface area contributed by atoms with Crippen molar-refractivity contribution in [3.63, 3.8) is 0 Å². The quantitative estimate of drug-likeness (QED) is 0.745. The molecule has 2 aliphatic heterocycles. The number of carbonyl (C=O) groups excluding carboxylic acids is 2. The second-order valence-corrected chi connectivity index (χ2v) is 8.47. The smallest absolute Gasteiger partial charge is 0.246 e. The molecular weight excluding hydrogens is 368 g/mol. The van der Waals surface area contributed by atoms with Crippen LogP contribution in [0.2, 0.25) is 0 Å². The van der Waals surface area contributed by atoms with Gasteiger partial charge in [-0.1, -0.05) is 37.3 Å². The number of carbonyl (C=O) groups is 2. The first-order valence-electron chi connectivity index (χ1n) is 10.5. The second kappa shape index (κ2) is 9.09. The summed E-state index contributed by atoms with van der Waals surface area (Å²) in [4.78, 5) is 26.3. The first-order chi connectivity index (χ1) is 13.8. The fraction of sp³-hybridized carbons (Fsp3) is 0.565. The van der Waals surface area contributed by atoms with Gasteiger partial charge in [-0.15, -0.1) is 0 Å². The van der Waals surface area contributed by atoms with Gasteiger partial charge in [0.15, 0.2) is 0 Å². The Morgan fingerprint density at radius 3 is 2.59 bits per heavy atom. The van der Waals surface area contributed by atoms with Gasteiger partial charge in [0.25, 0.3) is 0 Å². The van der Waals surface area contributed by atoms with E-state index in [0.29, 0.717) is 45.4 Å². The third kappa shape index (κ3) is 5.46. The van der Waals surface area contributed by atoms with Crippen molar-refractivity contribution < 1.29 is 19.4 Å². The Kier molecular flexibility index (Phi) is 6.75. The minimum absolute atomic E-state index is 0.00372. The molecule has 158 valence electrons. The molecular formula is C23H32N2O4. The number of benzene rings is 1. The number of nitrogens with one attached hydrogen (secondary N) is 1. The molecule has 1 aromatic rings. The molecule has 6 nitrogen and oxygen atoms in total. The summed E-state index contributed by atoms with van der Waals surface area (Å²) < 4.78 is 6.16. The highest BCUT2D eigenvalue weighted by Gasteiger charge is 2.49. The van der Waals surface area contributed by atoms with Gasteiger partial charge in [-0.3, -0.25) is 9.59 Å². The summed E-state index contributed by atoms with van der Waals surface area (Å²) in [7, 11) is 0. The zero-order chi connectivity index (χ0) is 20.9. The van der Waals surface area contributed by atoms with Crippen LogP contribution in [0.4, 0.5) is 0 Å². The minimum Gasteiger partial charge on any atom is -0.388 e. The molecule has 1 spiro atoms. The Labute approximate surface area is 172 Å². The van der Waals surface area contributed by atoms with Crippen LogP contribution in [0.25, 0.3) is 6.08 Å². The maximum absolute atomic E-state index is 12.5. The molecule has 2 saturated heterocycles. The van der Waals surface area contributed by atoms with E-state index in [-0.39, 0.29) is 11.8 Å². The van der Waals surface area contributed by atoms with E-state index >= 15 is 0 Å². The van der Waals surface area contributed by atoms with Crippen molar-refractivity contribution in [2.45, 2.75) is 63.2 Å². The van der Waals surface area contributed by atoms with Crippen molar-refractivity contribution in [2.75, 3.05) is 19.7 Å². The van der Waals surface area contributed by atoms with E-state index in [1.54, 1.807) is 13.0 Å². The highest BCUT2D eigenvalue weighted by Crippen LogP contribution is 2.39. The average molecular weight is 401 g/mol. The van der Waals surface area contributed by atoms with Gasteiger partial charge >= 0.3 is 0 Å². The van der Waals surface area contributed by atoms with Crippen LogP contribution in [0.5, 0.6) is 0 Å². The molecule has 2 atom stereocenters. The molecule has 0 radical (unpaired) electrons. The predicted molar refractivity (Wildman–Crippen MR) is 112 cm³/mol. The Hall–Kier alpha value is -2.18. The van der Waals surface area contributed by atoms with Crippen molar-refractivity contribution in [2.24, 2.45) is 0 Å². The van der Waals surface area contributed by atoms with E-state index in [1.807, 2.05) is 48.2 Å². The highest BCUT2D eigenvalue weighted by molar-refractivity contribution is 5.91. The van der Waals surface area contributed by atoms with E-state index in [4.69, 9.17) is 4.74 Å². The molecule has 0 aliphatic carbocycles. The van der Waals surface area contributed by atoms with Crippen LogP contribution in [0, 0.1) is 0 Å². The lowest BCUT2D eigenvalue weighted by Gasteiger charge is -2.51. The van der Waals surface area contributed by atoms with Gasteiger partial charge in [-0.2, -0.15) is 0 Å². The van der Waals surface area contributed by atoms with Gasteiger partial charge in [0.2, 0.25) is 11.8 Å². The minimum atomic E-state index is -1.03. The summed E-state index contributed by atoms with van der Waals surface area (Å²) in [6.07, 6.45) is 6.49. The largest absolute Gasteiger partial charge is 0.388 e. The molecule has 0 saturated carbocycles. The maximum Gasteiger partial charge on any atom is 0.246 e. The van der Waals surface area contributed by atoms with Gasteiger partial charge in [0.1, 0.15) is 0 Å². The molecule has 2 amide bonds. The molecule has 2 heterocycles. The van der Waals surface area contributed by atoms with Crippen LogP contribution in [0.1, 0.15) is 51.5 Å². The molecule has 0 unspecified atom stereocenters. The third-order valence-electron chi connectivity index (χ3n) is 6.00. The third-order valence-corrected chi connectivity index (χ3v) is 6.00. The normalized spacial score (nSPS) is 26.6. The summed E-state index contributed by atoms with van der Waals surface area (Å²) in [5.41, 5.74) is -0.464. The standard InChI is InChI=1S/C23H32N2O4/c1-3-7-20(26)24-19-16-29-23(17-22(19,2)28)12-14-25(15-13-23)21(27)11-10-18-8-5-4-6-9-18/h4-6,8-11,19,28H,3,7,12-17H2,1-2H3,(H,24,26)/b11-10+/t19-,22-/m0/s1. The Morgan fingerprint density at radius 2 is 1.97 bits per heavy atom. The number of likely N-dealkylation sites (tertiary alicyclic amines) is 1. The average Bonchev–Trinajstić information content (AvgIpc) is 2.70. The monoisotopic (exact) mass is 400 g/mol. The van der Waals surface area contributed by atoms with Gasteiger partial charge < -0.3 is 20.1 Å². The lowest BCUT2D eigenvalue weighted by atomic mass is 9.75. The first-order valence-corrected chi connectivity index (χ1v) is 10.5. The fourth-order valence-electron chi connectivity index (χ4n) is 4.25. The maximum atomic E-state index is 12.5. The summed E-state index contributed by atoms with van der Waals surface area (Å²) >= 11 is 0. The molecule has 2 fully saturated rings. The number of ether oxygens (including phenoxy) is 1. The summed E-state index contributed by atoms with van der Waals surface area (Å²) in [5.74, 6) is -0.0566. The van der Waals surface area contributed by atoms with Crippen LogP contribution in [0.3, 0.4) is 0 Å². The van der Waals surface area contributed by atoms with E-state index in [2.05, 4.69) is 5.32 Å². The van der Waals surface area contributed by atoms with Crippen molar-refractivity contribution in [1.82, 2.24) is 10.2 Å². The fourth-order valence-corrected chi connectivity index (χ4v) is 4.25. The molecule has 1 aromatic carbocycles. The molecule has 3 rings (SSSR count). The van der Waals surface area contributed by atoms with Gasteiger partial charge in [0, 0.05) is 32.0 Å². The molecule has 0 aromatic heterocycles. The van der Waals surface area contributed by atoms with Gasteiger partial charge in [0.05, 0.1) is 23.9 Å². The summed E-state index contributed by atoms with van der Waals surface area (Å²) in [5, 5.41) is 13.9. The van der Waals surface area contributed by atoms with Crippen LogP contribution in [0.15, 0.2) is 36.4 Å². The molecule has 0 bridgehead atoms. The van der Waals surface area contributed by atoms with E-state index in [9.17, 15) is 14.7 Å². The second-order valence-electron chi connectivity index (χ2n) is 8.47. The summed E-state index contributed by atoms with van der Waals surface area (Å²) in [6.45, 7) is 5.22. The topological polar surface area (TPSA) is 78.9 Å². The lowest BCUT2D eigenvalue weighted by molar-refractivity contribution is -0.189. The van der Waals surface area contributed by atoms with Gasteiger partial charge in [-0.25, -0.2) is 0 Å². The zero-order valence-electron chi connectivity index (χ0n) is 17.4. The van der Waals surface area contributed by atoms with Crippen LogP contribution < -0.4 is 5.32 Å². The molecule has 29 heavy (non-hydrogen) atoms. The lowest BCUT2D eigenvalue weighted by Crippen LogP contribution is -2.64. The molecule has 6 heteroatoms. The number of aliphatic hydroxyl groups is 1. The number of hydrogen-bond acceptors (Lipinski definition) is 4. The predicted octanol–water partition coefficient (Wildman–Crippen LogP) is 2.52. The van der Waals surface area contributed by atoms with E-state index in [1.165, 1.54) is 0 Å². The van der Waals surface area contributed by atoms with Crippen molar-refractivity contribution in [3.8, 4) is 0 Å². The van der Waals surface area contributed by atoms with Crippen molar-refractivity contribution in [1.29, 1.82) is 0 Å². The Morgan fingerprint density at radius 1 is 1.28 bits per heavy atom. The number of piperidine rings is 1. The highest BCUT2D eigenvalue weighted by atomic mass is 16.5. The number of amides is 2. The molecule has 2 N–H and O–H groups in total. The number of rotatable bonds is 5. The van der Waals surface area contributed by atoms with Crippen molar-refractivity contribution >= 4 is 17.9 Å². The zero-order valence-corrected chi connectivity index (χ0v) is 17.4. The Balaban J connectivity index is 1.54.